The highest BCUT2D eigenvalue weighted by molar-refractivity contribution is 7.99. The molecule has 1 aliphatic rings. The molecule has 1 atom stereocenters. The SMILES string of the molecule is CC[C@H](C)Sc1ccc(NC(=O)CCN2C(=O)CCC2=O)c(C)c1. The van der Waals surface area contributed by atoms with E-state index < -0.39 is 0 Å². The number of benzene rings is 1. The van der Waals surface area contributed by atoms with Crippen molar-refractivity contribution in [1.29, 1.82) is 0 Å². The lowest BCUT2D eigenvalue weighted by molar-refractivity contribution is -0.138. The topological polar surface area (TPSA) is 66.5 Å². The largest absolute Gasteiger partial charge is 0.326 e. The van der Waals surface area contributed by atoms with Gasteiger partial charge in [-0.2, -0.15) is 0 Å². The van der Waals surface area contributed by atoms with Crippen LogP contribution < -0.4 is 5.32 Å². The Labute approximate surface area is 147 Å². The van der Waals surface area contributed by atoms with Gasteiger partial charge in [-0.25, -0.2) is 0 Å². The normalized spacial score (nSPS) is 15.7. The van der Waals surface area contributed by atoms with Gasteiger partial charge >= 0.3 is 0 Å². The number of rotatable bonds is 7. The molecule has 1 aliphatic heterocycles. The second-order valence-electron chi connectivity index (χ2n) is 6.05. The zero-order valence-electron chi connectivity index (χ0n) is 14.4. The van der Waals surface area contributed by atoms with Crippen LogP contribution in [0.2, 0.25) is 0 Å². The third-order valence-electron chi connectivity index (χ3n) is 4.10. The summed E-state index contributed by atoms with van der Waals surface area (Å²) < 4.78 is 0. The van der Waals surface area contributed by atoms with Crippen LogP contribution in [-0.4, -0.2) is 34.4 Å². The number of hydrogen-bond acceptors (Lipinski definition) is 4. The molecule has 24 heavy (non-hydrogen) atoms. The molecule has 0 radical (unpaired) electrons. The van der Waals surface area contributed by atoms with Crippen molar-refractivity contribution in [1.82, 2.24) is 4.90 Å². The molecule has 2 rings (SSSR count). The van der Waals surface area contributed by atoms with Crippen LogP contribution in [0.25, 0.3) is 0 Å². The third-order valence-corrected chi connectivity index (χ3v) is 5.36. The molecule has 6 heteroatoms. The number of carbonyl (C=O) groups excluding carboxylic acids is 3. The van der Waals surface area contributed by atoms with Crippen molar-refractivity contribution in [2.24, 2.45) is 0 Å². The molecule has 1 heterocycles. The zero-order valence-corrected chi connectivity index (χ0v) is 15.2. The first-order valence-electron chi connectivity index (χ1n) is 8.31. The summed E-state index contributed by atoms with van der Waals surface area (Å²) in [7, 11) is 0. The summed E-state index contributed by atoms with van der Waals surface area (Å²) in [5.74, 6) is -0.557. The van der Waals surface area contributed by atoms with E-state index in [-0.39, 0.29) is 43.5 Å². The number of likely N-dealkylation sites (tertiary alicyclic amines) is 1. The summed E-state index contributed by atoms with van der Waals surface area (Å²) in [5, 5.41) is 3.42. The van der Waals surface area contributed by atoms with E-state index in [0.29, 0.717) is 5.25 Å². The second-order valence-corrected chi connectivity index (χ2v) is 7.56. The van der Waals surface area contributed by atoms with Crippen LogP contribution in [0, 0.1) is 6.92 Å². The predicted molar refractivity (Wildman–Crippen MR) is 96.0 cm³/mol. The molecule has 0 spiro atoms. The molecule has 1 saturated heterocycles. The Hall–Kier alpha value is -1.82. The van der Waals surface area contributed by atoms with Crippen LogP contribution in [0.3, 0.4) is 0 Å². The van der Waals surface area contributed by atoms with Gasteiger partial charge in [0, 0.05) is 41.6 Å². The maximum atomic E-state index is 12.1. The third kappa shape index (κ3) is 4.84. The van der Waals surface area contributed by atoms with Crippen molar-refractivity contribution in [3.05, 3.63) is 23.8 Å². The monoisotopic (exact) mass is 348 g/mol. The van der Waals surface area contributed by atoms with Gasteiger partial charge in [0.1, 0.15) is 0 Å². The van der Waals surface area contributed by atoms with E-state index in [4.69, 9.17) is 0 Å². The quantitative estimate of drug-likeness (QED) is 0.606. The molecule has 1 aromatic carbocycles. The highest BCUT2D eigenvalue weighted by atomic mass is 32.2. The Morgan fingerprint density at radius 2 is 1.96 bits per heavy atom. The van der Waals surface area contributed by atoms with Gasteiger partial charge in [0.25, 0.3) is 0 Å². The minimum atomic E-state index is -0.187. The zero-order chi connectivity index (χ0) is 17.7. The molecular weight excluding hydrogens is 324 g/mol. The van der Waals surface area contributed by atoms with Crippen molar-refractivity contribution in [3.8, 4) is 0 Å². The van der Waals surface area contributed by atoms with Crippen molar-refractivity contribution >= 4 is 35.2 Å². The van der Waals surface area contributed by atoms with Crippen LogP contribution in [0.5, 0.6) is 0 Å². The maximum Gasteiger partial charge on any atom is 0.229 e. The molecular formula is C18H24N2O3S. The summed E-state index contributed by atoms with van der Waals surface area (Å²) in [6.07, 6.45) is 1.75. The van der Waals surface area contributed by atoms with E-state index in [2.05, 4.69) is 25.2 Å². The molecule has 130 valence electrons. The molecule has 0 aliphatic carbocycles. The van der Waals surface area contributed by atoms with E-state index in [1.807, 2.05) is 30.8 Å². The summed E-state index contributed by atoms with van der Waals surface area (Å²) in [6.45, 7) is 6.47. The standard InChI is InChI=1S/C18H24N2O3S/c1-4-13(3)24-14-5-6-15(12(2)11-14)19-16(21)9-10-20-17(22)7-8-18(20)23/h5-6,11,13H,4,7-10H2,1-3H3,(H,19,21)/t13-/m0/s1. The Morgan fingerprint density at radius 1 is 1.29 bits per heavy atom. The van der Waals surface area contributed by atoms with Gasteiger partial charge < -0.3 is 5.32 Å². The van der Waals surface area contributed by atoms with Gasteiger partial charge in [-0.1, -0.05) is 13.8 Å². The van der Waals surface area contributed by atoms with Gasteiger partial charge in [0.05, 0.1) is 0 Å². The second kappa shape index (κ2) is 8.33. The number of anilines is 1. The lowest BCUT2D eigenvalue weighted by Gasteiger charge is -2.15. The van der Waals surface area contributed by atoms with Crippen LogP contribution >= 0.6 is 11.8 Å². The molecule has 0 bridgehead atoms. The van der Waals surface area contributed by atoms with Gasteiger partial charge in [0.2, 0.25) is 17.7 Å². The molecule has 1 N–H and O–H groups in total. The molecule has 0 saturated carbocycles. The van der Waals surface area contributed by atoms with E-state index in [1.54, 1.807) is 0 Å². The van der Waals surface area contributed by atoms with Crippen molar-refractivity contribution in [3.63, 3.8) is 0 Å². The predicted octanol–water partition coefficient (Wildman–Crippen LogP) is 3.36. The lowest BCUT2D eigenvalue weighted by atomic mass is 10.2. The Morgan fingerprint density at radius 3 is 2.54 bits per heavy atom. The maximum absolute atomic E-state index is 12.1. The van der Waals surface area contributed by atoms with E-state index in [9.17, 15) is 14.4 Å². The average Bonchev–Trinajstić information content (AvgIpc) is 2.86. The Bertz CT molecular complexity index is 629. The van der Waals surface area contributed by atoms with Crippen LogP contribution in [0.1, 0.15) is 45.1 Å². The highest BCUT2D eigenvalue weighted by Gasteiger charge is 2.28. The summed E-state index contributed by atoms with van der Waals surface area (Å²) in [6, 6.07) is 5.98. The van der Waals surface area contributed by atoms with Crippen LogP contribution in [0.15, 0.2) is 23.1 Å². The fourth-order valence-electron chi connectivity index (χ4n) is 2.46. The van der Waals surface area contributed by atoms with Crippen molar-refractivity contribution in [2.75, 3.05) is 11.9 Å². The van der Waals surface area contributed by atoms with E-state index >= 15 is 0 Å². The Kier molecular flexibility index (Phi) is 6.43. The fraction of sp³-hybridized carbons (Fsp3) is 0.500. The summed E-state index contributed by atoms with van der Waals surface area (Å²) >= 11 is 1.82. The molecule has 0 aromatic heterocycles. The first kappa shape index (κ1) is 18.5. The Balaban J connectivity index is 1.89. The number of carbonyl (C=O) groups is 3. The summed E-state index contributed by atoms with van der Waals surface area (Å²) in [5.41, 5.74) is 1.78. The highest BCUT2D eigenvalue weighted by Crippen LogP contribution is 2.28. The number of nitrogens with one attached hydrogen (secondary N) is 1. The average molecular weight is 348 g/mol. The van der Waals surface area contributed by atoms with Gasteiger partial charge in [-0.05, 0) is 37.1 Å². The van der Waals surface area contributed by atoms with E-state index in [0.717, 1.165) is 17.7 Å². The lowest BCUT2D eigenvalue weighted by Crippen LogP contribution is -2.32. The number of thioether (sulfide) groups is 1. The first-order valence-corrected chi connectivity index (χ1v) is 9.19. The molecule has 1 fully saturated rings. The number of aryl methyl sites for hydroxylation is 1. The fourth-order valence-corrected chi connectivity index (χ4v) is 3.49. The van der Waals surface area contributed by atoms with Crippen LogP contribution in [-0.2, 0) is 14.4 Å². The smallest absolute Gasteiger partial charge is 0.229 e. The van der Waals surface area contributed by atoms with Crippen LogP contribution in [0.4, 0.5) is 5.69 Å². The minimum Gasteiger partial charge on any atom is -0.326 e. The van der Waals surface area contributed by atoms with Crippen molar-refractivity contribution < 1.29 is 14.4 Å². The van der Waals surface area contributed by atoms with Crippen molar-refractivity contribution in [2.45, 2.75) is 56.6 Å². The molecule has 0 unspecified atom stereocenters. The number of amides is 3. The molecule has 3 amide bonds. The molecule has 1 aromatic rings. The summed E-state index contributed by atoms with van der Waals surface area (Å²) in [4.78, 5) is 37.5. The van der Waals surface area contributed by atoms with Gasteiger partial charge in [-0.3, -0.25) is 19.3 Å². The minimum absolute atomic E-state index is 0.125. The van der Waals surface area contributed by atoms with E-state index in [1.165, 1.54) is 9.80 Å². The van der Waals surface area contributed by atoms with Gasteiger partial charge in [-0.15, -0.1) is 11.8 Å². The first-order chi connectivity index (χ1) is 11.4. The number of hydrogen-bond donors (Lipinski definition) is 1. The number of nitrogens with zero attached hydrogens (tertiary/aromatic N) is 1. The van der Waals surface area contributed by atoms with Gasteiger partial charge in [0.15, 0.2) is 0 Å². The molecule has 5 nitrogen and oxygen atoms in total. The number of imide groups is 1.